The molecule has 0 spiro atoms. The molecule has 0 saturated heterocycles. The molecule has 5 nitrogen and oxygen atoms in total. The molecule has 0 aromatic heterocycles. The Bertz CT molecular complexity index is 1060. The Morgan fingerprint density at radius 3 is 2.52 bits per heavy atom. The van der Waals surface area contributed by atoms with E-state index >= 15 is 0 Å². The first kappa shape index (κ1) is 7.60. The fourth-order valence-electron chi connectivity index (χ4n) is 1.99. The minimum Gasteiger partial charge on any atom is -0.493 e. The quantitative estimate of drug-likeness (QED) is 0.560. The first-order chi connectivity index (χ1) is 15.0. The van der Waals surface area contributed by atoms with Crippen molar-refractivity contribution in [2.75, 3.05) is 13.1 Å². The van der Waals surface area contributed by atoms with Crippen molar-refractivity contribution < 1.29 is 28.0 Å². The molecule has 0 N–H and O–H groups in total. The van der Waals surface area contributed by atoms with Gasteiger partial charge in [0, 0.05) is 25.8 Å². The van der Waals surface area contributed by atoms with Crippen molar-refractivity contribution in [3.63, 3.8) is 0 Å². The number of nitrogens with zero attached hydrogens (tertiary/aromatic N) is 2. The number of carbonyl (C=O) groups is 1. The summed E-state index contributed by atoms with van der Waals surface area (Å²) in [5.74, 6) is -1.57. The molecule has 0 aliphatic carbocycles. The number of rotatable bonds is 7. The second-order valence-corrected chi connectivity index (χ2v) is 4.40. The summed E-state index contributed by atoms with van der Waals surface area (Å²) in [5.41, 5.74) is -0.463. The van der Waals surface area contributed by atoms with Gasteiger partial charge in [0.15, 0.2) is 10.8 Å². The number of carbonyl (C=O) groups excluding carboxylic acids is 1. The van der Waals surface area contributed by atoms with Crippen molar-refractivity contribution in [3.05, 3.63) is 58.6 Å². The number of hydrogen-bond acceptors (Lipinski definition) is 4. The van der Waals surface area contributed by atoms with Gasteiger partial charge in [-0.3, -0.25) is 4.79 Å². The summed E-state index contributed by atoms with van der Waals surface area (Å²) in [6.07, 6.45) is -0.477. The van der Waals surface area contributed by atoms with Gasteiger partial charge in [0.25, 0.3) is 0 Å². The molecular formula is C18H19N2O3+. The monoisotopic (exact) mass is 321 g/mol. The lowest BCUT2D eigenvalue weighted by molar-refractivity contribution is 0.0992. The smallest absolute Gasteiger partial charge is 0.429 e. The van der Waals surface area contributed by atoms with Crippen LogP contribution < -0.4 is 9.47 Å². The topological polar surface area (TPSA) is 63.7 Å². The molecule has 118 valence electrons. The number of diazo groups is 1. The lowest BCUT2D eigenvalue weighted by Crippen LogP contribution is -2.06. The van der Waals surface area contributed by atoms with E-state index in [0.29, 0.717) is 0 Å². The molecule has 0 heterocycles. The number of benzene rings is 2. The van der Waals surface area contributed by atoms with Crippen LogP contribution in [0.15, 0.2) is 42.5 Å². The van der Waals surface area contributed by atoms with Crippen LogP contribution in [0.4, 0.5) is 5.69 Å². The normalized spacial score (nSPS) is 18.7. The maximum absolute atomic E-state index is 12.7. The van der Waals surface area contributed by atoms with Crippen LogP contribution in [-0.2, 0) is 6.42 Å². The van der Waals surface area contributed by atoms with Gasteiger partial charge in [0.2, 0.25) is 11.1 Å². The van der Waals surface area contributed by atoms with Crippen LogP contribution in [0.5, 0.6) is 11.5 Å². The van der Waals surface area contributed by atoms with E-state index in [9.17, 15) is 10.2 Å². The molecule has 5 heteroatoms. The fourth-order valence-corrected chi connectivity index (χ4v) is 1.99. The third kappa shape index (κ3) is 4.07. The molecule has 0 aliphatic rings. The van der Waals surface area contributed by atoms with Crippen LogP contribution in [0.2, 0.25) is 0 Å². The first-order valence-electron chi connectivity index (χ1n) is 11.5. The summed E-state index contributed by atoms with van der Waals surface area (Å²) in [6, 6.07) is 9.65. The van der Waals surface area contributed by atoms with Gasteiger partial charge >= 0.3 is 5.69 Å². The predicted octanol–water partition coefficient (Wildman–Crippen LogP) is 4.39. The molecule has 0 fully saturated rings. The summed E-state index contributed by atoms with van der Waals surface area (Å²) in [6.45, 7) is -12.9. The van der Waals surface area contributed by atoms with Gasteiger partial charge in [-0.25, -0.2) is 0 Å². The minimum atomic E-state index is -3.23. The Labute approximate surface area is 149 Å². The minimum absolute atomic E-state index is 0.152. The molecule has 0 radical (unpaired) electrons. The molecule has 0 saturated carbocycles. The van der Waals surface area contributed by atoms with Crippen LogP contribution in [0.1, 0.15) is 43.3 Å². The predicted molar refractivity (Wildman–Crippen MR) is 88.0 cm³/mol. The Hall–Kier alpha value is -2.87. The van der Waals surface area contributed by atoms with E-state index in [2.05, 4.69) is 4.98 Å². The average molecular weight is 321 g/mol. The Balaban J connectivity index is 2.60. The van der Waals surface area contributed by atoms with Gasteiger partial charge in [0.05, 0.1) is 24.7 Å². The number of ether oxygens (including phenoxy) is 2. The van der Waals surface area contributed by atoms with Gasteiger partial charge in [-0.05, 0) is 19.8 Å². The van der Waals surface area contributed by atoms with Crippen LogP contribution in [0, 0.1) is 5.39 Å². The van der Waals surface area contributed by atoms with Gasteiger partial charge in [-0.15, -0.1) is 0 Å². The first-order valence-corrected chi connectivity index (χ1v) is 6.47. The van der Waals surface area contributed by atoms with E-state index in [1.54, 1.807) is 18.2 Å². The number of Topliss-reactive ketones (excluding diaryl/α,β-unsaturated/α-hetero) is 1. The molecule has 23 heavy (non-hydrogen) atoms. The third-order valence-corrected chi connectivity index (χ3v) is 3.02. The average Bonchev–Trinajstić information content (AvgIpc) is 2.68. The zero-order chi connectivity index (χ0) is 25.2. The molecule has 0 bridgehead atoms. The van der Waals surface area contributed by atoms with Crippen LogP contribution >= 0.6 is 0 Å². The zero-order valence-electron chi connectivity index (χ0n) is 21.9. The third-order valence-electron chi connectivity index (χ3n) is 3.02. The van der Waals surface area contributed by atoms with Crippen LogP contribution in [-0.4, -0.2) is 18.9 Å². The standard InChI is InChI=1S/C18H19N2O3/c1-3-22-17-12-15(20-19)18(23-4-2)11-14(17)10-16(21)13-8-6-5-7-9-13/h5-9,11-12H,3-4,10H2,1-2H3/q+1/i1D3,2D3,3D2,4D2. The molecule has 2 aromatic rings. The lowest BCUT2D eigenvalue weighted by atomic mass is 10.0. The van der Waals surface area contributed by atoms with E-state index in [1.165, 1.54) is 12.1 Å². The summed E-state index contributed by atoms with van der Waals surface area (Å²) < 4.78 is 84.4. The fraction of sp³-hybridized carbons (Fsp3) is 0.278. The van der Waals surface area contributed by atoms with Crippen molar-refractivity contribution in [1.82, 2.24) is 0 Å². The molecule has 0 atom stereocenters. The number of ketones is 1. The zero-order valence-corrected chi connectivity index (χ0v) is 11.9. The highest BCUT2D eigenvalue weighted by Crippen LogP contribution is 2.36. The largest absolute Gasteiger partial charge is 0.493 e. The van der Waals surface area contributed by atoms with Crippen molar-refractivity contribution in [2.45, 2.75) is 20.1 Å². The van der Waals surface area contributed by atoms with E-state index in [0.717, 1.165) is 12.1 Å². The van der Waals surface area contributed by atoms with Gasteiger partial charge in [-0.2, -0.15) is 0 Å². The van der Waals surface area contributed by atoms with Gasteiger partial charge < -0.3 is 9.47 Å². The van der Waals surface area contributed by atoms with E-state index in [-0.39, 0.29) is 11.1 Å². The maximum atomic E-state index is 12.7. The molecule has 2 aromatic carbocycles. The molecule has 0 unspecified atom stereocenters. The number of hydrogen-bond donors (Lipinski definition) is 0. The highest BCUT2D eigenvalue weighted by atomic mass is 16.5. The lowest BCUT2D eigenvalue weighted by Gasteiger charge is -2.11. The van der Waals surface area contributed by atoms with Crippen molar-refractivity contribution >= 4 is 11.5 Å². The Morgan fingerprint density at radius 2 is 1.87 bits per heavy atom. The van der Waals surface area contributed by atoms with E-state index < -0.39 is 56.2 Å². The Kier molecular flexibility index (Phi) is 2.63. The maximum Gasteiger partial charge on any atom is 0.429 e. The van der Waals surface area contributed by atoms with Crippen LogP contribution in [0.25, 0.3) is 4.98 Å². The van der Waals surface area contributed by atoms with E-state index in [4.69, 9.17) is 23.2 Å². The summed E-state index contributed by atoms with van der Waals surface area (Å²) in [5, 5.41) is 9.31. The van der Waals surface area contributed by atoms with E-state index in [1.807, 2.05) is 0 Å². The molecular weight excluding hydrogens is 292 g/mol. The summed E-state index contributed by atoms with van der Waals surface area (Å²) >= 11 is 0. The molecule has 2 rings (SSSR count). The summed E-state index contributed by atoms with van der Waals surface area (Å²) in [4.78, 5) is 15.6. The Morgan fingerprint density at radius 1 is 1.17 bits per heavy atom. The molecule has 0 amide bonds. The van der Waals surface area contributed by atoms with Gasteiger partial charge in [0.1, 0.15) is 5.75 Å². The second kappa shape index (κ2) is 7.95. The highest BCUT2D eigenvalue weighted by molar-refractivity contribution is 5.98. The molecule has 0 aliphatic heterocycles. The SMILES string of the molecule is [2H]C([2H])([2H])C([2H])([2H])Oc1cc([N+]#N)c(OC([2H])([2H])C([2H])([2H])[2H])cc1CC(=O)c1ccccc1. The van der Waals surface area contributed by atoms with Crippen molar-refractivity contribution in [1.29, 1.82) is 5.39 Å². The van der Waals surface area contributed by atoms with Crippen LogP contribution in [0.3, 0.4) is 0 Å². The van der Waals surface area contributed by atoms with Crippen molar-refractivity contribution in [3.8, 4) is 11.5 Å². The summed E-state index contributed by atoms with van der Waals surface area (Å²) in [7, 11) is 0. The van der Waals surface area contributed by atoms with Gasteiger partial charge in [-0.1, -0.05) is 30.3 Å². The van der Waals surface area contributed by atoms with Crippen molar-refractivity contribution in [2.24, 2.45) is 0 Å². The second-order valence-electron chi connectivity index (χ2n) is 4.40. The highest BCUT2D eigenvalue weighted by Gasteiger charge is 2.22.